The largest absolute Gasteiger partial charge is 0.480 e. The molecule has 2 unspecified atom stereocenters. The van der Waals surface area contributed by atoms with E-state index >= 15 is 0 Å². The van der Waals surface area contributed by atoms with E-state index in [0.717, 1.165) is 62.4 Å². The van der Waals surface area contributed by atoms with Gasteiger partial charge in [0.1, 0.15) is 11.9 Å². The van der Waals surface area contributed by atoms with Gasteiger partial charge in [0.05, 0.1) is 5.41 Å². The van der Waals surface area contributed by atoms with E-state index in [-0.39, 0.29) is 5.91 Å². The summed E-state index contributed by atoms with van der Waals surface area (Å²) in [4.78, 5) is 36.0. The number of nitrogens with one attached hydrogen (secondary N) is 2. The van der Waals surface area contributed by atoms with Crippen LogP contribution in [0.5, 0.6) is 0 Å². The molecule has 2 aromatic heterocycles. The number of carboxylic acids is 1. The van der Waals surface area contributed by atoms with E-state index in [1.54, 1.807) is 32.3 Å². The number of aliphatic carboxylic acids is 1. The van der Waals surface area contributed by atoms with Gasteiger partial charge >= 0.3 is 5.97 Å². The molecule has 8 heteroatoms. The van der Waals surface area contributed by atoms with Crippen molar-refractivity contribution in [2.75, 3.05) is 31.5 Å². The van der Waals surface area contributed by atoms with Gasteiger partial charge in [-0.05, 0) is 88.1 Å². The zero-order valence-corrected chi connectivity index (χ0v) is 20.8. The fourth-order valence-electron chi connectivity index (χ4n) is 4.98. The third-order valence-electron chi connectivity index (χ3n) is 7.42. The minimum atomic E-state index is -0.997. The Morgan fingerprint density at radius 1 is 1.31 bits per heavy atom. The SMILES string of the molecule is CC(C)(C(=O)NC(CCN1CCC(CCc2ccc3c(n2)NCCC3)C1)C(=O)O)c1cccnc1. The topological polar surface area (TPSA) is 107 Å². The standard InChI is InChI=1S/C27H37N5O3/c1-27(2,21-6-4-13-28-17-21)26(35)31-23(25(33)34)12-16-32-15-11-19(18-32)7-9-22-10-8-20-5-3-14-29-24(20)30-22/h4,6,8,10,13,17,19,23H,3,5,7,9,11-12,14-16,18H2,1-2H3,(H,29,30)(H,31,35)(H,33,34). The van der Waals surface area contributed by atoms with Gasteiger partial charge in [-0.15, -0.1) is 0 Å². The molecule has 0 bridgehead atoms. The van der Waals surface area contributed by atoms with Crippen LogP contribution in [0.2, 0.25) is 0 Å². The molecule has 0 spiro atoms. The minimum absolute atomic E-state index is 0.302. The maximum atomic E-state index is 12.9. The highest BCUT2D eigenvalue weighted by Gasteiger charge is 2.33. The number of anilines is 1. The molecule has 4 rings (SSSR count). The molecule has 1 saturated heterocycles. The van der Waals surface area contributed by atoms with Crippen LogP contribution in [-0.4, -0.2) is 64.1 Å². The highest BCUT2D eigenvalue weighted by Crippen LogP contribution is 2.25. The number of amides is 1. The third kappa shape index (κ3) is 6.36. The lowest BCUT2D eigenvalue weighted by molar-refractivity contribution is -0.142. The Kier molecular flexibility index (Phi) is 8.00. The van der Waals surface area contributed by atoms with E-state index in [9.17, 15) is 14.7 Å². The van der Waals surface area contributed by atoms with Crippen LogP contribution in [0.4, 0.5) is 5.82 Å². The molecule has 8 nitrogen and oxygen atoms in total. The number of hydrogen-bond donors (Lipinski definition) is 3. The molecule has 4 heterocycles. The van der Waals surface area contributed by atoms with Crippen molar-refractivity contribution in [1.82, 2.24) is 20.2 Å². The van der Waals surface area contributed by atoms with E-state index in [1.165, 1.54) is 12.0 Å². The van der Waals surface area contributed by atoms with Gasteiger partial charge in [-0.25, -0.2) is 9.78 Å². The van der Waals surface area contributed by atoms with Crippen molar-refractivity contribution < 1.29 is 14.7 Å². The van der Waals surface area contributed by atoms with E-state index < -0.39 is 17.4 Å². The van der Waals surface area contributed by atoms with Gasteiger partial charge in [-0.1, -0.05) is 12.1 Å². The molecule has 0 radical (unpaired) electrons. The number of fused-ring (bicyclic) bond motifs is 1. The second kappa shape index (κ2) is 11.2. The van der Waals surface area contributed by atoms with E-state index in [0.29, 0.717) is 18.9 Å². The van der Waals surface area contributed by atoms with Gasteiger partial charge in [-0.2, -0.15) is 0 Å². The van der Waals surface area contributed by atoms with Crippen LogP contribution in [0.15, 0.2) is 36.7 Å². The van der Waals surface area contributed by atoms with Crippen molar-refractivity contribution in [2.24, 2.45) is 5.92 Å². The molecule has 0 aromatic carbocycles. The molecule has 2 atom stereocenters. The number of aromatic nitrogens is 2. The molecule has 35 heavy (non-hydrogen) atoms. The van der Waals surface area contributed by atoms with Gasteiger partial charge in [0.15, 0.2) is 0 Å². The molecule has 0 aliphatic carbocycles. The summed E-state index contributed by atoms with van der Waals surface area (Å²) in [5.41, 5.74) is 2.35. The van der Waals surface area contributed by atoms with Gasteiger partial charge in [-0.3, -0.25) is 9.78 Å². The lowest BCUT2D eigenvalue weighted by Gasteiger charge is -2.27. The number of rotatable bonds is 10. The monoisotopic (exact) mass is 479 g/mol. The number of carboxylic acid groups (broad SMARTS) is 1. The van der Waals surface area contributed by atoms with Gasteiger partial charge in [0.2, 0.25) is 5.91 Å². The van der Waals surface area contributed by atoms with Gasteiger partial charge in [0.25, 0.3) is 0 Å². The average Bonchev–Trinajstić information content (AvgIpc) is 3.33. The van der Waals surface area contributed by atoms with Crippen molar-refractivity contribution >= 4 is 17.7 Å². The van der Waals surface area contributed by atoms with Crippen molar-refractivity contribution in [3.8, 4) is 0 Å². The molecule has 0 saturated carbocycles. The molecule has 1 fully saturated rings. The lowest BCUT2D eigenvalue weighted by Crippen LogP contribution is -2.49. The maximum Gasteiger partial charge on any atom is 0.326 e. The van der Waals surface area contributed by atoms with E-state index in [4.69, 9.17) is 4.98 Å². The van der Waals surface area contributed by atoms with Gasteiger partial charge in [0, 0.05) is 37.7 Å². The zero-order valence-electron chi connectivity index (χ0n) is 20.8. The molecule has 1 amide bonds. The van der Waals surface area contributed by atoms with Crippen molar-refractivity contribution in [2.45, 2.75) is 63.8 Å². The van der Waals surface area contributed by atoms with Crippen LogP contribution < -0.4 is 10.6 Å². The number of hydrogen-bond acceptors (Lipinski definition) is 6. The molecule has 188 valence electrons. The summed E-state index contributed by atoms with van der Waals surface area (Å²) in [7, 11) is 0. The Morgan fingerprint density at radius 2 is 2.17 bits per heavy atom. The summed E-state index contributed by atoms with van der Waals surface area (Å²) in [5.74, 6) is 0.339. The second-order valence-corrected chi connectivity index (χ2v) is 10.4. The van der Waals surface area contributed by atoms with Crippen LogP contribution in [0.3, 0.4) is 0 Å². The number of carbonyl (C=O) groups is 2. The first-order chi connectivity index (χ1) is 16.8. The van der Waals surface area contributed by atoms with Crippen molar-refractivity contribution in [3.05, 3.63) is 53.5 Å². The summed E-state index contributed by atoms with van der Waals surface area (Å²) < 4.78 is 0. The Morgan fingerprint density at radius 3 is 2.94 bits per heavy atom. The molecule has 2 aliphatic heterocycles. The first-order valence-corrected chi connectivity index (χ1v) is 12.7. The molecule has 2 aliphatic rings. The number of carbonyl (C=O) groups excluding carboxylic acids is 1. The summed E-state index contributed by atoms with van der Waals surface area (Å²) in [6, 6.07) is 7.07. The first kappa shape index (κ1) is 25.1. The number of pyridine rings is 2. The van der Waals surface area contributed by atoms with Crippen molar-refractivity contribution in [3.63, 3.8) is 0 Å². The fraction of sp³-hybridized carbons (Fsp3) is 0.556. The number of likely N-dealkylation sites (tertiary alicyclic amines) is 1. The summed E-state index contributed by atoms with van der Waals surface area (Å²) in [6.45, 7) is 7.16. The minimum Gasteiger partial charge on any atom is -0.480 e. The Bertz CT molecular complexity index is 1030. The fourth-order valence-corrected chi connectivity index (χ4v) is 4.98. The van der Waals surface area contributed by atoms with Crippen molar-refractivity contribution in [1.29, 1.82) is 0 Å². The molecule has 3 N–H and O–H groups in total. The Balaban J connectivity index is 1.24. The van der Waals surface area contributed by atoms with Crippen LogP contribution in [0.25, 0.3) is 0 Å². The predicted octanol–water partition coefficient (Wildman–Crippen LogP) is 3.03. The van der Waals surface area contributed by atoms with E-state index in [2.05, 4.69) is 32.7 Å². The summed E-state index contributed by atoms with van der Waals surface area (Å²) in [6.07, 6.45) is 9.12. The zero-order chi connectivity index (χ0) is 24.8. The summed E-state index contributed by atoms with van der Waals surface area (Å²) in [5, 5.41) is 15.9. The smallest absolute Gasteiger partial charge is 0.326 e. The highest BCUT2D eigenvalue weighted by atomic mass is 16.4. The Labute approximate surface area is 207 Å². The first-order valence-electron chi connectivity index (χ1n) is 12.7. The van der Waals surface area contributed by atoms with Crippen LogP contribution >= 0.6 is 0 Å². The third-order valence-corrected chi connectivity index (χ3v) is 7.42. The normalized spacial score (nSPS) is 19.0. The van der Waals surface area contributed by atoms with Crippen LogP contribution in [0.1, 0.15) is 56.4 Å². The highest BCUT2D eigenvalue weighted by molar-refractivity contribution is 5.90. The van der Waals surface area contributed by atoms with E-state index in [1.807, 2.05) is 6.07 Å². The maximum absolute atomic E-state index is 12.9. The molecule has 2 aromatic rings. The lowest BCUT2D eigenvalue weighted by atomic mass is 9.84. The second-order valence-electron chi connectivity index (χ2n) is 10.4. The Hall–Kier alpha value is -3.00. The van der Waals surface area contributed by atoms with Crippen LogP contribution in [-0.2, 0) is 27.8 Å². The summed E-state index contributed by atoms with van der Waals surface area (Å²) >= 11 is 0. The molecular formula is C27H37N5O3. The number of aryl methyl sites for hydroxylation is 2. The van der Waals surface area contributed by atoms with Crippen LogP contribution in [0, 0.1) is 5.92 Å². The average molecular weight is 480 g/mol. The number of nitrogens with zero attached hydrogens (tertiary/aromatic N) is 3. The molecular weight excluding hydrogens is 442 g/mol. The predicted molar refractivity (Wildman–Crippen MR) is 135 cm³/mol. The van der Waals surface area contributed by atoms with Gasteiger partial charge < -0.3 is 20.6 Å². The quantitative estimate of drug-likeness (QED) is 0.481.